The molecule has 1 aliphatic heterocycles. The molecule has 0 saturated carbocycles. The molecule has 0 aliphatic carbocycles. The van der Waals surface area contributed by atoms with Gasteiger partial charge in [0.2, 0.25) is 11.2 Å². The molecule has 0 bridgehead atoms. The van der Waals surface area contributed by atoms with Crippen LogP contribution in [0, 0.1) is 18.6 Å². The smallest absolute Gasteiger partial charge is 0.264 e. The van der Waals surface area contributed by atoms with Gasteiger partial charge in [0.05, 0.1) is 12.0 Å². The Morgan fingerprint density at radius 3 is 2.92 bits per heavy atom. The lowest BCUT2D eigenvalue weighted by Gasteiger charge is -2.29. The van der Waals surface area contributed by atoms with Crippen molar-refractivity contribution in [3.8, 4) is 5.75 Å². The number of carbonyl (C=O) groups is 1. The van der Waals surface area contributed by atoms with Gasteiger partial charge in [-0.3, -0.25) is 9.59 Å². The third kappa shape index (κ3) is 3.02. The van der Waals surface area contributed by atoms with Gasteiger partial charge in [0.15, 0.2) is 6.61 Å². The molecule has 5 nitrogen and oxygen atoms in total. The summed E-state index contributed by atoms with van der Waals surface area (Å²) >= 11 is 0. The first kappa shape index (κ1) is 16.2. The molecule has 126 valence electrons. The lowest BCUT2D eigenvalue weighted by molar-refractivity contribution is -0.120. The van der Waals surface area contributed by atoms with Crippen molar-refractivity contribution in [3.05, 3.63) is 57.6 Å². The van der Waals surface area contributed by atoms with E-state index in [9.17, 15) is 18.4 Å². The lowest BCUT2D eigenvalue weighted by atomic mass is 10.0. The highest BCUT2D eigenvalue weighted by Crippen LogP contribution is 2.30. The van der Waals surface area contributed by atoms with Crippen molar-refractivity contribution < 1.29 is 22.7 Å². The average molecular weight is 335 g/mol. The summed E-state index contributed by atoms with van der Waals surface area (Å²) in [7, 11) is 0. The first-order valence-corrected chi connectivity index (χ1v) is 7.47. The number of fused-ring (bicyclic) bond motifs is 1. The van der Waals surface area contributed by atoms with Crippen molar-refractivity contribution >= 4 is 11.6 Å². The van der Waals surface area contributed by atoms with E-state index in [1.165, 1.54) is 17.2 Å². The number of aryl methyl sites for hydroxylation is 1. The fraction of sp³-hybridized carbons (Fsp3) is 0.294. The van der Waals surface area contributed by atoms with Crippen LogP contribution in [0.2, 0.25) is 0 Å². The number of amides is 1. The minimum atomic E-state index is -0.744. The van der Waals surface area contributed by atoms with E-state index in [1.807, 2.05) is 0 Å². The second-order valence-electron chi connectivity index (χ2n) is 5.49. The number of hydrogen-bond acceptors (Lipinski definition) is 4. The molecule has 0 atom stereocenters. The summed E-state index contributed by atoms with van der Waals surface area (Å²) in [6.45, 7) is 1.45. The standard InChI is InChI=1S/C17H15F2NO4/c1-10-17(15(21)4-6-23-10)24-9-16(22)20-5-2-3-12-13(19)7-11(18)8-14(12)20/h4,6-8H,2-3,5,9H2,1H3. The lowest BCUT2D eigenvalue weighted by Crippen LogP contribution is -2.39. The highest BCUT2D eigenvalue weighted by Gasteiger charge is 2.26. The van der Waals surface area contributed by atoms with Crippen LogP contribution in [0.15, 0.2) is 33.7 Å². The largest absolute Gasteiger partial charge is 0.476 e. The SMILES string of the molecule is Cc1occc(=O)c1OCC(=O)N1CCCc2c(F)cc(F)cc21. The number of anilines is 1. The van der Waals surface area contributed by atoms with Crippen molar-refractivity contribution in [2.24, 2.45) is 0 Å². The minimum Gasteiger partial charge on any atom is -0.476 e. The topological polar surface area (TPSA) is 59.8 Å². The third-order valence-corrected chi connectivity index (χ3v) is 3.88. The predicted octanol–water partition coefficient (Wildman–Crippen LogP) is 2.58. The quantitative estimate of drug-likeness (QED) is 0.865. The third-order valence-electron chi connectivity index (χ3n) is 3.88. The molecular formula is C17H15F2NO4. The summed E-state index contributed by atoms with van der Waals surface area (Å²) in [5, 5.41) is 0. The van der Waals surface area contributed by atoms with Gasteiger partial charge in [-0.15, -0.1) is 0 Å². The van der Waals surface area contributed by atoms with Crippen LogP contribution in [0.4, 0.5) is 14.5 Å². The molecule has 1 aromatic carbocycles. The fourth-order valence-corrected chi connectivity index (χ4v) is 2.76. The van der Waals surface area contributed by atoms with Crippen LogP contribution in [-0.4, -0.2) is 19.1 Å². The van der Waals surface area contributed by atoms with Gasteiger partial charge < -0.3 is 14.1 Å². The Morgan fingerprint density at radius 2 is 2.17 bits per heavy atom. The maximum Gasteiger partial charge on any atom is 0.264 e. The molecule has 1 aromatic heterocycles. The van der Waals surface area contributed by atoms with Crippen molar-refractivity contribution in [1.29, 1.82) is 0 Å². The van der Waals surface area contributed by atoms with E-state index in [4.69, 9.17) is 9.15 Å². The van der Waals surface area contributed by atoms with Gasteiger partial charge in [0.25, 0.3) is 5.91 Å². The van der Waals surface area contributed by atoms with E-state index in [1.54, 1.807) is 6.92 Å². The first-order chi connectivity index (χ1) is 11.5. The molecule has 0 saturated heterocycles. The molecule has 0 N–H and O–H groups in total. The Morgan fingerprint density at radius 1 is 1.38 bits per heavy atom. The van der Waals surface area contributed by atoms with E-state index in [-0.39, 0.29) is 17.2 Å². The molecule has 0 radical (unpaired) electrons. The molecule has 1 amide bonds. The van der Waals surface area contributed by atoms with Crippen molar-refractivity contribution in [1.82, 2.24) is 0 Å². The number of benzene rings is 1. The van der Waals surface area contributed by atoms with E-state index in [0.29, 0.717) is 24.9 Å². The summed E-state index contributed by atoms with van der Waals surface area (Å²) in [6, 6.07) is 3.13. The van der Waals surface area contributed by atoms with Crippen molar-refractivity contribution in [2.75, 3.05) is 18.1 Å². The van der Waals surface area contributed by atoms with Crippen LogP contribution in [0.5, 0.6) is 5.75 Å². The van der Waals surface area contributed by atoms with Crippen LogP contribution in [0.3, 0.4) is 0 Å². The zero-order valence-electron chi connectivity index (χ0n) is 13.0. The van der Waals surface area contributed by atoms with E-state index in [2.05, 4.69) is 0 Å². The molecule has 0 spiro atoms. The number of carbonyl (C=O) groups excluding carboxylic acids is 1. The van der Waals surface area contributed by atoms with Gasteiger partial charge in [0, 0.05) is 24.2 Å². The summed E-state index contributed by atoms with van der Waals surface area (Å²) in [5.74, 6) is -1.68. The van der Waals surface area contributed by atoms with Crippen molar-refractivity contribution in [2.45, 2.75) is 19.8 Å². The number of nitrogens with zero attached hydrogens (tertiary/aromatic N) is 1. The molecular weight excluding hydrogens is 320 g/mol. The Balaban J connectivity index is 1.81. The maximum atomic E-state index is 13.9. The van der Waals surface area contributed by atoms with Gasteiger partial charge in [-0.05, 0) is 25.8 Å². The summed E-state index contributed by atoms with van der Waals surface area (Å²) < 4.78 is 37.7. The monoisotopic (exact) mass is 335 g/mol. The molecule has 24 heavy (non-hydrogen) atoms. The van der Waals surface area contributed by atoms with Crippen molar-refractivity contribution in [3.63, 3.8) is 0 Å². The Kier molecular flexibility index (Phi) is 4.33. The summed E-state index contributed by atoms with van der Waals surface area (Å²) in [5.41, 5.74) is 0.123. The molecule has 7 heteroatoms. The fourth-order valence-electron chi connectivity index (χ4n) is 2.76. The minimum absolute atomic E-state index is 0.0477. The number of halogens is 2. The van der Waals surface area contributed by atoms with Crippen LogP contribution < -0.4 is 15.1 Å². The average Bonchev–Trinajstić information content (AvgIpc) is 2.53. The van der Waals surface area contributed by atoms with E-state index >= 15 is 0 Å². The van der Waals surface area contributed by atoms with Crippen LogP contribution in [0.1, 0.15) is 17.7 Å². The van der Waals surface area contributed by atoms with Gasteiger partial charge in [-0.2, -0.15) is 0 Å². The molecule has 3 rings (SSSR count). The highest BCUT2D eigenvalue weighted by atomic mass is 19.1. The van der Waals surface area contributed by atoms with Gasteiger partial charge >= 0.3 is 0 Å². The van der Waals surface area contributed by atoms with Gasteiger partial charge in [0.1, 0.15) is 17.4 Å². The maximum absolute atomic E-state index is 13.9. The molecule has 2 aromatic rings. The van der Waals surface area contributed by atoms with Crippen LogP contribution in [-0.2, 0) is 11.2 Å². The normalized spacial score (nSPS) is 13.5. The Bertz CT molecular complexity index is 847. The highest BCUT2D eigenvalue weighted by molar-refractivity contribution is 5.95. The van der Waals surface area contributed by atoms with Crippen LogP contribution in [0.25, 0.3) is 0 Å². The first-order valence-electron chi connectivity index (χ1n) is 7.47. The summed E-state index contributed by atoms with van der Waals surface area (Å²) in [4.78, 5) is 25.4. The second kappa shape index (κ2) is 6.43. The zero-order chi connectivity index (χ0) is 17.3. The number of rotatable bonds is 3. The van der Waals surface area contributed by atoms with E-state index in [0.717, 1.165) is 12.1 Å². The Labute approximate surface area is 136 Å². The molecule has 0 fully saturated rings. The number of ether oxygens (including phenoxy) is 1. The van der Waals surface area contributed by atoms with Gasteiger partial charge in [-0.1, -0.05) is 0 Å². The zero-order valence-corrected chi connectivity index (χ0v) is 13.0. The Hall–Kier alpha value is -2.70. The number of hydrogen-bond donors (Lipinski definition) is 0. The summed E-state index contributed by atoms with van der Waals surface area (Å²) in [6.07, 6.45) is 2.24. The van der Waals surface area contributed by atoms with Gasteiger partial charge in [-0.25, -0.2) is 8.78 Å². The van der Waals surface area contributed by atoms with Crippen LogP contribution >= 0.6 is 0 Å². The molecule has 0 unspecified atom stereocenters. The van der Waals surface area contributed by atoms with E-state index < -0.39 is 29.6 Å². The molecule has 2 heterocycles. The second-order valence-corrected chi connectivity index (χ2v) is 5.49. The predicted molar refractivity (Wildman–Crippen MR) is 82.2 cm³/mol. The molecule has 1 aliphatic rings.